The van der Waals surface area contributed by atoms with Crippen molar-refractivity contribution in [2.45, 2.75) is 5.92 Å². The number of carbonyl (C=O) groups is 1. The zero-order chi connectivity index (χ0) is 13.3. The fraction of sp³-hybridized carbons (Fsp3) is 0.455. The Balaban J connectivity index is 2.32. The van der Waals surface area contributed by atoms with Gasteiger partial charge in [-0.25, -0.2) is 12.7 Å². The van der Waals surface area contributed by atoms with Crippen LogP contribution >= 0.6 is 0 Å². The molecule has 1 N–H and O–H groups in total. The van der Waals surface area contributed by atoms with Crippen LogP contribution in [-0.2, 0) is 14.8 Å². The van der Waals surface area contributed by atoms with Gasteiger partial charge in [0.05, 0.1) is 12.2 Å². The predicted octanol–water partition coefficient (Wildman–Crippen LogP) is 0.141. The molecule has 1 saturated heterocycles. The number of hydrogen-bond donors (Lipinski definition) is 1. The average Bonchev–Trinajstić information content (AvgIpc) is 2.74. The number of sulfonamides is 1. The van der Waals surface area contributed by atoms with E-state index in [1.165, 1.54) is 4.31 Å². The highest BCUT2D eigenvalue weighted by Crippen LogP contribution is 2.32. The van der Waals surface area contributed by atoms with Crippen molar-refractivity contribution < 1.29 is 18.3 Å². The number of carboxylic acids is 1. The molecule has 0 radical (unpaired) electrons. The van der Waals surface area contributed by atoms with Crippen LogP contribution in [0.4, 0.5) is 0 Å². The van der Waals surface area contributed by atoms with Gasteiger partial charge in [-0.3, -0.25) is 9.78 Å². The third kappa shape index (κ3) is 2.51. The molecule has 7 heteroatoms. The standard InChI is InChI=1S/C11H14N2O4S/c1-18(16,17)13-6-8(9(7-13)11(14)15)10-4-2-3-5-12-10/h2-5,8-9H,6-7H2,1H3,(H,14,15)/t8-,9+/m1/s1. The topological polar surface area (TPSA) is 87.6 Å². The fourth-order valence-corrected chi connectivity index (χ4v) is 3.05. The molecule has 6 nitrogen and oxygen atoms in total. The third-order valence-electron chi connectivity index (χ3n) is 3.14. The molecule has 18 heavy (non-hydrogen) atoms. The van der Waals surface area contributed by atoms with Crippen molar-refractivity contribution in [3.8, 4) is 0 Å². The minimum Gasteiger partial charge on any atom is -0.481 e. The number of hydrogen-bond acceptors (Lipinski definition) is 4. The first-order chi connectivity index (χ1) is 8.39. The SMILES string of the molecule is CS(=O)(=O)N1C[C@H](C(=O)O)[C@H](c2ccccn2)C1. The molecule has 0 saturated carbocycles. The van der Waals surface area contributed by atoms with Crippen LogP contribution in [0.2, 0.25) is 0 Å². The summed E-state index contributed by atoms with van der Waals surface area (Å²) in [5, 5.41) is 9.18. The molecule has 0 spiro atoms. The molecule has 0 aliphatic carbocycles. The van der Waals surface area contributed by atoms with Gasteiger partial charge >= 0.3 is 5.97 Å². The second kappa shape index (κ2) is 4.66. The molecule has 0 bridgehead atoms. The molecule has 0 amide bonds. The lowest BCUT2D eigenvalue weighted by atomic mass is 9.93. The van der Waals surface area contributed by atoms with Crippen LogP contribution in [0.25, 0.3) is 0 Å². The molecule has 98 valence electrons. The number of carboxylic acid groups (broad SMARTS) is 1. The number of rotatable bonds is 3. The lowest BCUT2D eigenvalue weighted by molar-refractivity contribution is -0.141. The zero-order valence-electron chi connectivity index (χ0n) is 9.85. The smallest absolute Gasteiger partial charge is 0.308 e. The minimum atomic E-state index is -3.37. The molecular formula is C11H14N2O4S. The molecule has 1 aliphatic rings. The molecule has 1 aromatic heterocycles. The maximum absolute atomic E-state index is 11.5. The van der Waals surface area contributed by atoms with Crippen LogP contribution in [0.5, 0.6) is 0 Å². The van der Waals surface area contributed by atoms with E-state index in [9.17, 15) is 18.3 Å². The second-order valence-electron chi connectivity index (χ2n) is 4.39. The van der Waals surface area contributed by atoms with Gasteiger partial charge in [-0.05, 0) is 12.1 Å². The van der Waals surface area contributed by atoms with Gasteiger partial charge in [0.2, 0.25) is 10.0 Å². The van der Waals surface area contributed by atoms with Gasteiger partial charge in [0.25, 0.3) is 0 Å². The van der Waals surface area contributed by atoms with E-state index in [0.717, 1.165) is 6.26 Å². The normalized spacial score (nSPS) is 25.2. The van der Waals surface area contributed by atoms with Crippen LogP contribution in [0.15, 0.2) is 24.4 Å². The Kier molecular flexibility index (Phi) is 3.36. The first kappa shape index (κ1) is 13.0. The molecule has 1 aromatic rings. The Bertz CT molecular complexity index is 543. The summed E-state index contributed by atoms with van der Waals surface area (Å²) >= 11 is 0. The molecule has 0 aromatic carbocycles. The quantitative estimate of drug-likeness (QED) is 0.844. The molecule has 1 aliphatic heterocycles. The van der Waals surface area contributed by atoms with E-state index in [1.807, 2.05) is 0 Å². The van der Waals surface area contributed by atoms with Crippen LogP contribution in [0.1, 0.15) is 11.6 Å². The maximum atomic E-state index is 11.5. The van der Waals surface area contributed by atoms with Gasteiger partial charge < -0.3 is 5.11 Å². The minimum absolute atomic E-state index is 0.00933. The summed E-state index contributed by atoms with van der Waals surface area (Å²) in [5.41, 5.74) is 0.621. The summed E-state index contributed by atoms with van der Waals surface area (Å²) in [6.45, 7) is 0.183. The van der Waals surface area contributed by atoms with E-state index in [4.69, 9.17) is 0 Å². The van der Waals surface area contributed by atoms with Crippen LogP contribution in [0, 0.1) is 5.92 Å². The highest BCUT2D eigenvalue weighted by Gasteiger charge is 2.42. The summed E-state index contributed by atoms with van der Waals surface area (Å²) < 4.78 is 24.2. The van der Waals surface area contributed by atoms with E-state index in [1.54, 1.807) is 24.4 Å². The van der Waals surface area contributed by atoms with Gasteiger partial charge in [-0.15, -0.1) is 0 Å². The third-order valence-corrected chi connectivity index (χ3v) is 4.38. The monoisotopic (exact) mass is 270 g/mol. The Morgan fingerprint density at radius 3 is 2.67 bits per heavy atom. The lowest BCUT2D eigenvalue weighted by Crippen LogP contribution is -2.28. The van der Waals surface area contributed by atoms with E-state index >= 15 is 0 Å². The fourth-order valence-electron chi connectivity index (χ4n) is 2.18. The summed E-state index contributed by atoms with van der Waals surface area (Å²) in [5.74, 6) is -2.12. The lowest BCUT2D eigenvalue weighted by Gasteiger charge is -2.13. The van der Waals surface area contributed by atoms with Crippen molar-refractivity contribution in [2.75, 3.05) is 19.3 Å². The van der Waals surface area contributed by atoms with Gasteiger partial charge in [0.1, 0.15) is 0 Å². The number of pyridine rings is 1. The van der Waals surface area contributed by atoms with Crippen LogP contribution in [-0.4, -0.2) is 48.1 Å². The van der Waals surface area contributed by atoms with Crippen molar-refractivity contribution in [1.29, 1.82) is 0 Å². The summed E-state index contributed by atoms with van der Waals surface area (Å²) in [4.78, 5) is 15.3. The molecule has 2 heterocycles. The van der Waals surface area contributed by atoms with E-state index in [2.05, 4.69) is 4.98 Å². The first-order valence-electron chi connectivity index (χ1n) is 5.48. The van der Waals surface area contributed by atoms with E-state index < -0.39 is 27.8 Å². The van der Waals surface area contributed by atoms with Crippen molar-refractivity contribution in [2.24, 2.45) is 5.92 Å². The molecule has 2 atom stereocenters. The zero-order valence-corrected chi connectivity index (χ0v) is 10.7. The molecular weight excluding hydrogens is 256 g/mol. The van der Waals surface area contributed by atoms with Gasteiger partial charge in [-0.2, -0.15) is 0 Å². The second-order valence-corrected chi connectivity index (χ2v) is 6.37. The molecule has 2 rings (SSSR count). The Labute approximate surface area is 105 Å². The molecule has 0 unspecified atom stereocenters. The van der Waals surface area contributed by atoms with Gasteiger partial charge in [0, 0.05) is 30.9 Å². The highest BCUT2D eigenvalue weighted by atomic mass is 32.2. The van der Waals surface area contributed by atoms with Crippen molar-refractivity contribution in [3.63, 3.8) is 0 Å². The average molecular weight is 270 g/mol. The van der Waals surface area contributed by atoms with Crippen molar-refractivity contribution >= 4 is 16.0 Å². The summed E-state index contributed by atoms with van der Waals surface area (Å²) in [6, 6.07) is 5.24. The van der Waals surface area contributed by atoms with Gasteiger partial charge in [0.15, 0.2) is 0 Å². The largest absolute Gasteiger partial charge is 0.481 e. The number of nitrogens with zero attached hydrogens (tertiary/aromatic N) is 2. The Hall–Kier alpha value is -1.47. The number of aromatic nitrogens is 1. The predicted molar refractivity (Wildman–Crippen MR) is 64.5 cm³/mol. The van der Waals surface area contributed by atoms with Crippen LogP contribution < -0.4 is 0 Å². The summed E-state index contributed by atoms with van der Waals surface area (Å²) in [7, 11) is -3.37. The highest BCUT2D eigenvalue weighted by molar-refractivity contribution is 7.88. The summed E-state index contributed by atoms with van der Waals surface area (Å²) in [6.07, 6.45) is 2.67. The van der Waals surface area contributed by atoms with Crippen molar-refractivity contribution in [3.05, 3.63) is 30.1 Å². The van der Waals surface area contributed by atoms with Crippen LogP contribution in [0.3, 0.4) is 0 Å². The Morgan fingerprint density at radius 1 is 1.44 bits per heavy atom. The maximum Gasteiger partial charge on any atom is 0.308 e. The Morgan fingerprint density at radius 2 is 2.17 bits per heavy atom. The van der Waals surface area contributed by atoms with Crippen molar-refractivity contribution in [1.82, 2.24) is 9.29 Å². The molecule has 1 fully saturated rings. The first-order valence-corrected chi connectivity index (χ1v) is 7.33. The van der Waals surface area contributed by atoms with Gasteiger partial charge in [-0.1, -0.05) is 6.07 Å². The number of aliphatic carboxylic acids is 1. The van der Waals surface area contributed by atoms with E-state index in [-0.39, 0.29) is 13.1 Å². The van der Waals surface area contributed by atoms with E-state index in [0.29, 0.717) is 5.69 Å².